The molecule has 0 aliphatic carbocycles. The maximum Gasteiger partial charge on any atom is 0.0178 e. The first-order valence-corrected chi connectivity index (χ1v) is 3.56. The van der Waals surface area contributed by atoms with Crippen molar-refractivity contribution in [3.63, 3.8) is 0 Å². The van der Waals surface area contributed by atoms with Crippen LogP contribution in [0.15, 0.2) is 18.2 Å². The van der Waals surface area contributed by atoms with Crippen LogP contribution in [0.2, 0.25) is 0 Å². The van der Waals surface area contributed by atoms with E-state index in [0.29, 0.717) is 6.54 Å². The summed E-state index contributed by atoms with van der Waals surface area (Å²) < 4.78 is 0. The van der Waals surface area contributed by atoms with E-state index in [2.05, 4.69) is 25.1 Å². The van der Waals surface area contributed by atoms with E-state index < -0.39 is 0 Å². The van der Waals surface area contributed by atoms with Crippen molar-refractivity contribution in [1.29, 1.82) is 0 Å². The first-order valence-electron chi connectivity index (χ1n) is 3.56. The van der Waals surface area contributed by atoms with Gasteiger partial charge in [-0.15, -0.1) is 0 Å². The first-order chi connectivity index (χ1) is 4.86. The van der Waals surface area contributed by atoms with E-state index in [9.17, 15) is 0 Å². The predicted molar refractivity (Wildman–Crippen MR) is 42.5 cm³/mol. The van der Waals surface area contributed by atoms with Gasteiger partial charge >= 0.3 is 0 Å². The Kier molecular flexibility index (Phi) is 2.46. The van der Waals surface area contributed by atoms with E-state index in [1.165, 1.54) is 5.56 Å². The third-order valence-corrected chi connectivity index (χ3v) is 1.56. The Balaban J connectivity index is 2.80. The van der Waals surface area contributed by atoms with Gasteiger partial charge in [-0.25, -0.2) is 0 Å². The Morgan fingerprint density at radius 3 is 2.70 bits per heavy atom. The van der Waals surface area contributed by atoms with Gasteiger partial charge in [-0.2, -0.15) is 0 Å². The molecule has 0 amide bonds. The number of benzene rings is 1. The number of aryl methyl sites for hydroxylation is 1. The highest BCUT2D eigenvalue weighted by Gasteiger charge is 1.89. The van der Waals surface area contributed by atoms with Gasteiger partial charge in [0.25, 0.3) is 0 Å². The second-order valence-electron chi connectivity index (χ2n) is 2.28. The van der Waals surface area contributed by atoms with Crippen molar-refractivity contribution in [2.45, 2.75) is 19.9 Å². The lowest BCUT2D eigenvalue weighted by molar-refractivity contribution is 1.05. The van der Waals surface area contributed by atoms with Crippen molar-refractivity contribution in [3.05, 3.63) is 35.4 Å². The third-order valence-electron chi connectivity index (χ3n) is 1.56. The van der Waals surface area contributed by atoms with Gasteiger partial charge in [-0.05, 0) is 29.7 Å². The topological polar surface area (TPSA) is 26.0 Å². The van der Waals surface area contributed by atoms with Crippen LogP contribution in [0, 0.1) is 6.07 Å². The normalized spacial score (nSPS) is 9.80. The molecule has 1 radical (unpaired) electrons. The van der Waals surface area contributed by atoms with Crippen molar-refractivity contribution in [3.8, 4) is 0 Å². The number of hydrogen-bond donors (Lipinski definition) is 1. The lowest BCUT2D eigenvalue weighted by atomic mass is 10.1. The highest BCUT2D eigenvalue weighted by molar-refractivity contribution is 5.20. The van der Waals surface area contributed by atoms with Crippen LogP contribution in [0.25, 0.3) is 0 Å². The second kappa shape index (κ2) is 3.37. The fourth-order valence-electron chi connectivity index (χ4n) is 0.836. The molecule has 0 aromatic heterocycles. The Morgan fingerprint density at radius 2 is 2.30 bits per heavy atom. The molecule has 0 saturated heterocycles. The molecule has 1 aromatic carbocycles. The van der Waals surface area contributed by atoms with Crippen molar-refractivity contribution in [2.75, 3.05) is 0 Å². The van der Waals surface area contributed by atoms with Crippen LogP contribution in [-0.4, -0.2) is 0 Å². The molecular formula is C9H12N. The van der Waals surface area contributed by atoms with Crippen molar-refractivity contribution < 1.29 is 0 Å². The summed E-state index contributed by atoms with van der Waals surface area (Å²) in [7, 11) is 0. The molecule has 10 heavy (non-hydrogen) atoms. The highest BCUT2D eigenvalue weighted by Crippen LogP contribution is 2.02. The molecular weight excluding hydrogens is 122 g/mol. The molecule has 0 aliphatic rings. The summed E-state index contributed by atoms with van der Waals surface area (Å²) in [4.78, 5) is 0. The number of nitrogens with two attached hydrogens (primary N) is 1. The lowest BCUT2D eigenvalue weighted by Crippen LogP contribution is -1.95. The second-order valence-corrected chi connectivity index (χ2v) is 2.28. The maximum atomic E-state index is 5.42. The van der Waals surface area contributed by atoms with E-state index >= 15 is 0 Å². The van der Waals surface area contributed by atoms with Crippen molar-refractivity contribution in [2.24, 2.45) is 5.73 Å². The first kappa shape index (κ1) is 7.29. The minimum Gasteiger partial charge on any atom is -0.326 e. The smallest absolute Gasteiger partial charge is 0.0178 e. The monoisotopic (exact) mass is 134 g/mol. The quantitative estimate of drug-likeness (QED) is 0.651. The zero-order chi connectivity index (χ0) is 7.40. The molecule has 0 aliphatic heterocycles. The number of rotatable bonds is 2. The summed E-state index contributed by atoms with van der Waals surface area (Å²) in [5, 5.41) is 0. The zero-order valence-corrected chi connectivity index (χ0v) is 6.22. The van der Waals surface area contributed by atoms with E-state index in [4.69, 9.17) is 5.73 Å². The predicted octanol–water partition coefficient (Wildman–Crippen LogP) is 1.51. The molecule has 53 valence electrons. The minimum absolute atomic E-state index is 0.612. The SMILES string of the molecule is CCc1[c]cc(CN)cc1. The fraction of sp³-hybridized carbons (Fsp3) is 0.333. The molecule has 1 rings (SSSR count). The van der Waals surface area contributed by atoms with Gasteiger partial charge < -0.3 is 5.73 Å². The molecule has 1 aromatic rings. The summed E-state index contributed by atoms with van der Waals surface area (Å²) in [6.07, 6.45) is 1.05. The standard InChI is InChI=1S/C9H12N/c1-2-8-3-5-9(7-10)6-4-8/h3,5-6H,2,7,10H2,1H3. The molecule has 0 spiro atoms. The molecule has 2 N–H and O–H groups in total. The van der Waals surface area contributed by atoms with Gasteiger partial charge in [0.1, 0.15) is 0 Å². The van der Waals surface area contributed by atoms with E-state index in [1.54, 1.807) is 0 Å². The molecule has 0 saturated carbocycles. The molecule has 0 bridgehead atoms. The summed E-state index contributed by atoms with van der Waals surface area (Å²) in [6.45, 7) is 2.73. The van der Waals surface area contributed by atoms with Gasteiger partial charge in [-0.1, -0.05) is 19.1 Å². The van der Waals surface area contributed by atoms with E-state index in [-0.39, 0.29) is 0 Å². The summed E-state index contributed by atoms with van der Waals surface area (Å²) >= 11 is 0. The van der Waals surface area contributed by atoms with Crippen LogP contribution in [0.3, 0.4) is 0 Å². The van der Waals surface area contributed by atoms with Crippen LogP contribution >= 0.6 is 0 Å². The van der Waals surface area contributed by atoms with Gasteiger partial charge in [0, 0.05) is 6.54 Å². The average Bonchev–Trinajstić information content (AvgIpc) is 2.05. The highest BCUT2D eigenvalue weighted by atomic mass is 14.5. The summed E-state index contributed by atoms with van der Waals surface area (Å²) in [5.41, 5.74) is 7.82. The largest absolute Gasteiger partial charge is 0.326 e. The van der Waals surface area contributed by atoms with Gasteiger partial charge in [-0.3, -0.25) is 0 Å². The lowest BCUT2D eigenvalue weighted by Gasteiger charge is -1.96. The molecule has 0 heterocycles. The van der Waals surface area contributed by atoms with Gasteiger partial charge in [0.05, 0.1) is 0 Å². The van der Waals surface area contributed by atoms with Crippen LogP contribution in [0.1, 0.15) is 18.1 Å². The van der Waals surface area contributed by atoms with Crippen molar-refractivity contribution in [1.82, 2.24) is 0 Å². The Hall–Kier alpha value is -0.820. The molecule has 0 unspecified atom stereocenters. The molecule has 0 atom stereocenters. The summed E-state index contributed by atoms with van der Waals surface area (Å²) in [6, 6.07) is 9.24. The van der Waals surface area contributed by atoms with E-state index in [0.717, 1.165) is 12.0 Å². The third kappa shape index (κ3) is 1.58. The van der Waals surface area contributed by atoms with Crippen LogP contribution in [0.5, 0.6) is 0 Å². The number of hydrogen-bond acceptors (Lipinski definition) is 1. The Labute approximate surface area is 61.9 Å². The van der Waals surface area contributed by atoms with Gasteiger partial charge in [0.15, 0.2) is 0 Å². The van der Waals surface area contributed by atoms with Crippen LogP contribution in [0.4, 0.5) is 0 Å². The molecule has 1 heteroatoms. The Bertz CT molecular complexity index is 165. The van der Waals surface area contributed by atoms with Crippen LogP contribution < -0.4 is 5.73 Å². The van der Waals surface area contributed by atoms with Gasteiger partial charge in [0.2, 0.25) is 0 Å². The fourth-order valence-corrected chi connectivity index (χ4v) is 0.836. The molecule has 0 fully saturated rings. The summed E-state index contributed by atoms with van der Waals surface area (Å²) in [5.74, 6) is 0. The maximum absolute atomic E-state index is 5.42. The minimum atomic E-state index is 0.612. The molecule has 1 nitrogen and oxygen atoms in total. The Morgan fingerprint density at radius 1 is 1.50 bits per heavy atom. The average molecular weight is 134 g/mol. The van der Waals surface area contributed by atoms with Crippen LogP contribution in [-0.2, 0) is 13.0 Å². The van der Waals surface area contributed by atoms with E-state index in [1.807, 2.05) is 6.07 Å². The zero-order valence-electron chi connectivity index (χ0n) is 6.22. The van der Waals surface area contributed by atoms with Crippen molar-refractivity contribution >= 4 is 0 Å².